The molecule has 0 unspecified atom stereocenters. The lowest BCUT2D eigenvalue weighted by atomic mass is 10.2. The Morgan fingerprint density at radius 3 is 2.81 bits per heavy atom. The van der Waals surface area contributed by atoms with Crippen LogP contribution < -0.4 is 14.8 Å². The number of amides is 1. The molecule has 0 saturated heterocycles. The van der Waals surface area contributed by atoms with Crippen LogP contribution in [0.4, 0.5) is 0 Å². The standard InChI is InChI=1S/C19H16N2O5/c22-18(20-9-12-5-6-16-17(7-12)26-11-25-16)10-24-19(23)15-8-13-3-1-2-4-14(13)21-15/h1-8,21H,9-11H2,(H,20,22). The SMILES string of the molecule is O=C(COC(=O)c1cc2ccccc2[nH]1)NCc1ccc2c(c1)OCO2. The number of nitrogens with one attached hydrogen (secondary N) is 2. The van der Waals surface area contributed by atoms with Gasteiger partial charge in [-0.3, -0.25) is 4.79 Å². The molecule has 26 heavy (non-hydrogen) atoms. The van der Waals surface area contributed by atoms with Crippen LogP contribution >= 0.6 is 0 Å². The van der Waals surface area contributed by atoms with E-state index < -0.39 is 5.97 Å². The average Bonchev–Trinajstić information content (AvgIpc) is 3.30. The third kappa shape index (κ3) is 3.32. The Morgan fingerprint density at radius 1 is 1.08 bits per heavy atom. The second-order valence-electron chi connectivity index (χ2n) is 5.81. The molecule has 0 fully saturated rings. The van der Waals surface area contributed by atoms with E-state index in [0.29, 0.717) is 23.7 Å². The molecule has 0 bridgehead atoms. The Balaban J connectivity index is 1.29. The zero-order chi connectivity index (χ0) is 17.9. The molecule has 1 amide bonds. The smallest absolute Gasteiger partial charge is 0.355 e. The van der Waals surface area contributed by atoms with E-state index in [2.05, 4.69) is 10.3 Å². The van der Waals surface area contributed by atoms with Gasteiger partial charge in [0.15, 0.2) is 18.1 Å². The first-order valence-electron chi connectivity index (χ1n) is 8.09. The van der Waals surface area contributed by atoms with E-state index in [9.17, 15) is 9.59 Å². The minimum absolute atomic E-state index is 0.203. The molecular weight excluding hydrogens is 336 g/mol. The molecule has 0 atom stereocenters. The van der Waals surface area contributed by atoms with Crippen LogP contribution in [0.2, 0.25) is 0 Å². The van der Waals surface area contributed by atoms with E-state index >= 15 is 0 Å². The predicted octanol–water partition coefficient (Wildman–Crippen LogP) is 2.37. The molecule has 2 aromatic carbocycles. The number of benzene rings is 2. The van der Waals surface area contributed by atoms with Crippen molar-refractivity contribution in [2.75, 3.05) is 13.4 Å². The first-order chi connectivity index (χ1) is 12.7. The van der Waals surface area contributed by atoms with Crippen molar-refractivity contribution in [2.24, 2.45) is 0 Å². The molecule has 0 saturated carbocycles. The Bertz CT molecular complexity index is 946. The highest BCUT2D eigenvalue weighted by Gasteiger charge is 2.15. The normalized spacial score (nSPS) is 12.2. The van der Waals surface area contributed by atoms with E-state index in [4.69, 9.17) is 14.2 Å². The zero-order valence-corrected chi connectivity index (χ0v) is 13.8. The lowest BCUT2D eigenvalue weighted by Crippen LogP contribution is -2.28. The molecule has 1 aliphatic rings. The highest BCUT2D eigenvalue weighted by atomic mass is 16.7. The van der Waals surface area contributed by atoms with Crippen molar-refractivity contribution in [3.63, 3.8) is 0 Å². The number of rotatable bonds is 5. The van der Waals surface area contributed by atoms with E-state index in [1.54, 1.807) is 18.2 Å². The second-order valence-corrected chi connectivity index (χ2v) is 5.81. The largest absolute Gasteiger partial charge is 0.454 e. The number of carbonyl (C=O) groups excluding carboxylic acids is 2. The van der Waals surface area contributed by atoms with Crippen LogP contribution in [0.15, 0.2) is 48.5 Å². The number of carbonyl (C=O) groups is 2. The minimum Gasteiger partial charge on any atom is -0.454 e. The maximum atomic E-state index is 12.1. The maximum absolute atomic E-state index is 12.1. The quantitative estimate of drug-likeness (QED) is 0.688. The fraction of sp³-hybridized carbons (Fsp3) is 0.158. The number of hydrogen-bond donors (Lipinski definition) is 2. The molecule has 2 N–H and O–H groups in total. The Labute approximate surface area is 148 Å². The second kappa shape index (κ2) is 6.79. The van der Waals surface area contributed by atoms with Gasteiger partial charge in [-0.25, -0.2) is 4.79 Å². The first kappa shape index (κ1) is 16.0. The molecule has 1 aliphatic heterocycles. The summed E-state index contributed by atoms with van der Waals surface area (Å²) in [6.07, 6.45) is 0. The van der Waals surface area contributed by atoms with Crippen LogP contribution in [0.5, 0.6) is 11.5 Å². The molecule has 4 rings (SSSR count). The number of para-hydroxylation sites is 1. The van der Waals surface area contributed by atoms with Gasteiger partial charge in [0.1, 0.15) is 5.69 Å². The highest BCUT2D eigenvalue weighted by Crippen LogP contribution is 2.32. The molecule has 1 aromatic heterocycles. The average molecular weight is 352 g/mol. The molecule has 7 heteroatoms. The monoisotopic (exact) mass is 352 g/mol. The van der Waals surface area contributed by atoms with Gasteiger partial charge in [-0.1, -0.05) is 24.3 Å². The molecule has 7 nitrogen and oxygen atoms in total. The van der Waals surface area contributed by atoms with Crippen molar-refractivity contribution in [2.45, 2.75) is 6.54 Å². The number of fused-ring (bicyclic) bond motifs is 2. The molecule has 0 aliphatic carbocycles. The number of aromatic nitrogens is 1. The molecule has 2 heterocycles. The minimum atomic E-state index is -0.570. The lowest BCUT2D eigenvalue weighted by molar-refractivity contribution is -0.124. The summed E-state index contributed by atoms with van der Waals surface area (Å²) in [7, 11) is 0. The van der Waals surface area contributed by atoms with Crippen LogP contribution in [0.1, 0.15) is 16.1 Å². The fourth-order valence-electron chi connectivity index (χ4n) is 2.69. The summed E-state index contributed by atoms with van der Waals surface area (Å²) in [6, 6.07) is 14.6. The van der Waals surface area contributed by atoms with Crippen LogP contribution in [-0.4, -0.2) is 30.3 Å². The van der Waals surface area contributed by atoms with Gasteiger partial charge in [-0.2, -0.15) is 0 Å². The van der Waals surface area contributed by atoms with Crippen LogP contribution in [0, 0.1) is 0 Å². The molecule has 132 valence electrons. The summed E-state index contributed by atoms with van der Waals surface area (Å²) in [5.74, 6) is 0.390. The number of aromatic amines is 1. The number of esters is 1. The van der Waals surface area contributed by atoms with Gasteiger partial charge in [-0.15, -0.1) is 0 Å². The highest BCUT2D eigenvalue weighted by molar-refractivity contribution is 5.95. The first-order valence-corrected chi connectivity index (χ1v) is 8.09. The topological polar surface area (TPSA) is 89.7 Å². The Kier molecular flexibility index (Phi) is 4.18. The van der Waals surface area contributed by atoms with Crippen molar-refractivity contribution in [1.29, 1.82) is 0 Å². The van der Waals surface area contributed by atoms with Crippen molar-refractivity contribution in [3.05, 3.63) is 59.8 Å². The summed E-state index contributed by atoms with van der Waals surface area (Å²) < 4.78 is 15.6. The summed E-state index contributed by atoms with van der Waals surface area (Å²) >= 11 is 0. The summed E-state index contributed by atoms with van der Waals surface area (Å²) in [4.78, 5) is 26.9. The third-order valence-corrected chi connectivity index (χ3v) is 4.01. The van der Waals surface area contributed by atoms with E-state index in [1.165, 1.54) is 0 Å². The van der Waals surface area contributed by atoms with Gasteiger partial charge in [0.25, 0.3) is 5.91 Å². The van der Waals surface area contributed by atoms with E-state index in [1.807, 2.05) is 30.3 Å². The number of hydrogen-bond acceptors (Lipinski definition) is 5. The van der Waals surface area contributed by atoms with Gasteiger partial charge in [0.05, 0.1) is 0 Å². The fourth-order valence-corrected chi connectivity index (χ4v) is 2.69. The predicted molar refractivity (Wildman–Crippen MR) is 93.0 cm³/mol. The number of ether oxygens (including phenoxy) is 3. The summed E-state index contributed by atoms with van der Waals surface area (Å²) in [5, 5.41) is 3.61. The van der Waals surface area contributed by atoms with Gasteiger partial charge in [0, 0.05) is 17.4 Å². The van der Waals surface area contributed by atoms with Gasteiger partial charge >= 0.3 is 5.97 Å². The molecular formula is C19H16N2O5. The molecule has 0 spiro atoms. The van der Waals surface area contributed by atoms with Gasteiger partial charge < -0.3 is 24.5 Å². The van der Waals surface area contributed by atoms with E-state index in [0.717, 1.165) is 16.5 Å². The van der Waals surface area contributed by atoms with Crippen molar-refractivity contribution in [3.8, 4) is 11.5 Å². The van der Waals surface area contributed by atoms with Crippen molar-refractivity contribution >= 4 is 22.8 Å². The molecule has 0 radical (unpaired) electrons. The van der Waals surface area contributed by atoms with Crippen LogP contribution in [-0.2, 0) is 16.1 Å². The third-order valence-electron chi connectivity index (χ3n) is 4.01. The van der Waals surface area contributed by atoms with Crippen molar-refractivity contribution in [1.82, 2.24) is 10.3 Å². The summed E-state index contributed by atoms with van der Waals surface area (Å²) in [5.41, 5.74) is 2.02. The Hall–Kier alpha value is -3.48. The summed E-state index contributed by atoms with van der Waals surface area (Å²) in [6.45, 7) is 0.160. The van der Waals surface area contributed by atoms with Gasteiger partial charge in [0.2, 0.25) is 6.79 Å². The Morgan fingerprint density at radius 2 is 1.92 bits per heavy atom. The zero-order valence-electron chi connectivity index (χ0n) is 13.8. The van der Waals surface area contributed by atoms with Crippen LogP contribution in [0.3, 0.4) is 0 Å². The number of H-pyrrole nitrogens is 1. The maximum Gasteiger partial charge on any atom is 0.355 e. The van der Waals surface area contributed by atoms with Gasteiger partial charge in [-0.05, 0) is 29.8 Å². The lowest BCUT2D eigenvalue weighted by Gasteiger charge is -2.07. The molecule has 3 aromatic rings. The van der Waals surface area contributed by atoms with Crippen LogP contribution in [0.25, 0.3) is 10.9 Å². The van der Waals surface area contributed by atoms with E-state index in [-0.39, 0.29) is 19.3 Å². The van der Waals surface area contributed by atoms with Crippen molar-refractivity contribution < 1.29 is 23.8 Å².